The molecule has 5 nitrogen and oxygen atoms in total. The molecule has 2 heterocycles. The van der Waals surface area contributed by atoms with Crippen LogP contribution in [0.1, 0.15) is 30.3 Å². The van der Waals surface area contributed by atoms with E-state index in [1.807, 2.05) is 24.8 Å². The van der Waals surface area contributed by atoms with Crippen LogP contribution in [0.5, 0.6) is 0 Å². The van der Waals surface area contributed by atoms with E-state index in [1.54, 1.807) is 0 Å². The van der Waals surface area contributed by atoms with Crippen molar-refractivity contribution < 1.29 is 4.74 Å². The van der Waals surface area contributed by atoms with Crippen molar-refractivity contribution >= 4 is 17.4 Å². The minimum absolute atomic E-state index is 0.362. The normalized spacial score (nSPS) is 18.1. The Balaban J connectivity index is 2.28. The molecule has 1 N–H and O–H groups in total. The third kappa shape index (κ3) is 2.84. The molecule has 6 heteroatoms. The first-order chi connectivity index (χ1) is 8.76. The molecule has 18 heavy (non-hydrogen) atoms. The second-order valence-corrected chi connectivity index (χ2v) is 4.65. The summed E-state index contributed by atoms with van der Waals surface area (Å²) in [5.74, 6) is 2.53. The molecule has 0 aromatic carbocycles. The number of nitrogens with one attached hydrogen (secondary N) is 1. The predicted octanol–water partition coefficient (Wildman–Crippen LogP) is 1.71. The number of rotatable bonds is 3. The number of alkyl halides is 1. The Morgan fingerprint density at radius 1 is 1.61 bits per heavy atom. The summed E-state index contributed by atoms with van der Waals surface area (Å²) in [5.41, 5.74) is 1.02. The van der Waals surface area contributed by atoms with Crippen molar-refractivity contribution in [3.05, 3.63) is 17.7 Å². The fourth-order valence-electron chi connectivity index (χ4n) is 2.08. The van der Waals surface area contributed by atoms with Crippen LogP contribution in [0.25, 0.3) is 0 Å². The third-order valence-corrected chi connectivity index (χ3v) is 3.41. The molecule has 100 valence electrons. The fraction of sp³-hybridized carbons (Fsp3) is 0.667. The zero-order valence-electron chi connectivity index (χ0n) is 10.8. The maximum atomic E-state index is 5.83. The quantitative estimate of drug-likeness (QED) is 0.517. The second kappa shape index (κ2) is 6.20. The Hall–Kier alpha value is -1.07. The number of nitrogens with zero attached hydrogens (tertiary/aromatic N) is 3. The van der Waals surface area contributed by atoms with Gasteiger partial charge in [-0.1, -0.05) is 0 Å². The predicted molar refractivity (Wildman–Crippen MR) is 72.4 cm³/mol. The maximum Gasteiger partial charge on any atom is 0.138 e. The molecular weight excluding hydrogens is 252 g/mol. The molecule has 0 atom stereocenters. The highest BCUT2D eigenvalue weighted by atomic mass is 35.5. The van der Waals surface area contributed by atoms with Crippen LogP contribution < -0.4 is 5.32 Å². The van der Waals surface area contributed by atoms with E-state index in [-0.39, 0.29) is 0 Å². The molecule has 0 amide bonds. The molecule has 0 saturated carbocycles. The van der Waals surface area contributed by atoms with Crippen LogP contribution in [0.15, 0.2) is 11.3 Å². The lowest BCUT2D eigenvalue weighted by Crippen LogP contribution is -2.23. The van der Waals surface area contributed by atoms with Crippen molar-refractivity contribution in [2.75, 3.05) is 26.1 Å². The zero-order chi connectivity index (χ0) is 13.0. The molecule has 0 radical (unpaired) electrons. The van der Waals surface area contributed by atoms with Crippen LogP contribution in [0, 0.1) is 6.92 Å². The molecule has 1 fully saturated rings. The Labute approximate surface area is 112 Å². The topological polar surface area (TPSA) is 51.4 Å². The van der Waals surface area contributed by atoms with Crippen molar-refractivity contribution in [1.82, 2.24) is 15.0 Å². The number of hydrogen-bond donors (Lipinski definition) is 1. The van der Waals surface area contributed by atoms with Crippen LogP contribution in [-0.4, -0.2) is 41.6 Å². The highest BCUT2D eigenvalue weighted by Crippen LogP contribution is 2.26. The summed E-state index contributed by atoms with van der Waals surface area (Å²) in [4.78, 5) is 4.49. The Morgan fingerprint density at radius 2 is 2.33 bits per heavy atom. The van der Waals surface area contributed by atoms with E-state index in [0.29, 0.717) is 11.8 Å². The van der Waals surface area contributed by atoms with Gasteiger partial charge >= 0.3 is 0 Å². The zero-order valence-corrected chi connectivity index (χ0v) is 11.6. The van der Waals surface area contributed by atoms with Crippen molar-refractivity contribution in [1.29, 1.82) is 0 Å². The van der Waals surface area contributed by atoms with Crippen molar-refractivity contribution in [2.45, 2.75) is 25.7 Å². The number of halogens is 1. The van der Waals surface area contributed by atoms with E-state index in [1.165, 1.54) is 0 Å². The van der Waals surface area contributed by atoms with Crippen LogP contribution in [0.2, 0.25) is 0 Å². The molecular formula is C12H19ClN4O. The summed E-state index contributed by atoms with van der Waals surface area (Å²) in [5, 5.41) is 7.51. The van der Waals surface area contributed by atoms with Gasteiger partial charge in [0.2, 0.25) is 0 Å². The SMILES string of the molecule is CN/C(CCl)=N\n1c(C)cnc1C1CCOCC1. The first kappa shape index (κ1) is 13.4. The first-order valence-electron chi connectivity index (χ1n) is 6.19. The summed E-state index contributed by atoms with van der Waals surface area (Å²) >= 11 is 5.83. The molecule has 1 aliphatic rings. The Kier molecular flexibility index (Phi) is 4.60. The minimum Gasteiger partial charge on any atom is -0.381 e. The first-order valence-corrected chi connectivity index (χ1v) is 6.73. The van der Waals surface area contributed by atoms with E-state index in [0.717, 1.165) is 43.4 Å². The fourth-order valence-corrected chi connectivity index (χ4v) is 2.27. The van der Waals surface area contributed by atoms with Gasteiger partial charge in [-0.05, 0) is 19.8 Å². The highest BCUT2D eigenvalue weighted by molar-refractivity contribution is 6.28. The maximum absolute atomic E-state index is 5.83. The molecule has 0 bridgehead atoms. The molecule has 1 saturated heterocycles. The number of amidine groups is 1. The summed E-state index contributed by atoms with van der Waals surface area (Å²) in [6.45, 7) is 3.60. The average molecular weight is 271 g/mol. The molecule has 1 aromatic heterocycles. The number of imidazole rings is 1. The van der Waals surface area contributed by atoms with Crippen LogP contribution in [-0.2, 0) is 4.74 Å². The number of aryl methyl sites for hydroxylation is 1. The van der Waals surface area contributed by atoms with Gasteiger partial charge in [0.25, 0.3) is 0 Å². The van der Waals surface area contributed by atoms with Gasteiger partial charge < -0.3 is 10.1 Å². The van der Waals surface area contributed by atoms with E-state index >= 15 is 0 Å². The van der Waals surface area contributed by atoms with Gasteiger partial charge in [-0.3, -0.25) is 0 Å². The van der Waals surface area contributed by atoms with E-state index < -0.39 is 0 Å². The van der Waals surface area contributed by atoms with E-state index in [4.69, 9.17) is 16.3 Å². The lowest BCUT2D eigenvalue weighted by atomic mass is 10.00. The smallest absolute Gasteiger partial charge is 0.138 e. The van der Waals surface area contributed by atoms with Gasteiger partial charge in [-0.15, -0.1) is 11.6 Å². The number of aromatic nitrogens is 2. The number of ether oxygens (including phenoxy) is 1. The van der Waals surface area contributed by atoms with Gasteiger partial charge in [0.05, 0.1) is 17.8 Å². The van der Waals surface area contributed by atoms with Crippen molar-refractivity contribution in [3.8, 4) is 0 Å². The van der Waals surface area contributed by atoms with Gasteiger partial charge in [0.15, 0.2) is 0 Å². The summed E-state index contributed by atoms with van der Waals surface area (Å²) < 4.78 is 7.28. The highest BCUT2D eigenvalue weighted by Gasteiger charge is 2.21. The minimum atomic E-state index is 0.362. The van der Waals surface area contributed by atoms with Gasteiger partial charge in [0, 0.05) is 26.2 Å². The monoisotopic (exact) mass is 270 g/mol. The van der Waals surface area contributed by atoms with Gasteiger partial charge in [-0.2, -0.15) is 5.10 Å². The molecule has 1 aliphatic heterocycles. The molecule has 0 spiro atoms. The van der Waals surface area contributed by atoms with E-state index in [9.17, 15) is 0 Å². The molecule has 1 aromatic rings. The van der Waals surface area contributed by atoms with Crippen LogP contribution in [0.4, 0.5) is 0 Å². The average Bonchev–Trinajstić information content (AvgIpc) is 2.78. The molecule has 0 aliphatic carbocycles. The lowest BCUT2D eigenvalue weighted by molar-refractivity contribution is 0.0829. The Morgan fingerprint density at radius 3 is 2.94 bits per heavy atom. The lowest BCUT2D eigenvalue weighted by Gasteiger charge is -2.21. The standard InChI is InChI=1S/C12H19ClN4O/c1-9-8-15-12(10-3-5-18-6-4-10)17(9)16-11(7-13)14-2/h8,10H,3-7H2,1-2H3,(H,14,16). The summed E-state index contributed by atoms with van der Waals surface area (Å²) in [6.07, 6.45) is 3.86. The van der Waals surface area contributed by atoms with Gasteiger partial charge in [0.1, 0.15) is 11.7 Å². The van der Waals surface area contributed by atoms with E-state index in [2.05, 4.69) is 15.4 Å². The van der Waals surface area contributed by atoms with Gasteiger partial charge in [-0.25, -0.2) is 9.66 Å². The summed E-state index contributed by atoms with van der Waals surface area (Å²) in [6, 6.07) is 0. The van der Waals surface area contributed by atoms with Crippen LogP contribution in [0.3, 0.4) is 0 Å². The third-order valence-electron chi connectivity index (χ3n) is 3.16. The second-order valence-electron chi connectivity index (χ2n) is 4.39. The largest absolute Gasteiger partial charge is 0.381 e. The summed E-state index contributed by atoms with van der Waals surface area (Å²) in [7, 11) is 1.82. The van der Waals surface area contributed by atoms with Crippen LogP contribution >= 0.6 is 11.6 Å². The Bertz CT molecular complexity index is 418. The van der Waals surface area contributed by atoms with Crippen molar-refractivity contribution in [3.63, 3.8) is 0 Å². The number of hydrogen-bond acceptors (Lipinski definition) is 3. The van der Waals surface area contributed by atoms with Crippen molar-refractivity contribution in [2.24, 2.45) is 5.10 Å². The molecule has 2 rings (SSSR count). The molecule has 0 unspecified atom stereocenters.